The number of allylic oxidation sites excluding steroid dienone is 1. The third-order valence-electron chi connectivity index (χ3n) is 5.57. The Balaban J connectivity index is 1.82. The molecule has 0 radical (unpaired) electrons. The van der Waals surface area contributed by atoms with E-state index in [0.29, 0.717) is 11.7 Å². The lowest BCUT2D eigenvalue weighted by Gasteiger charge is -2.33. The molecular formula is C24H38O5S. The number of aryl methyl sites for hydroxylation is 1. The maximum Gasteiger partial charge on any atom is 0.264 e. The van der Waals surface area contributed by atoms with E-state index in [9.17, 15) is 8.42 Å². The zero-order chi connectivity index (χ0) is 22.2. The molecule has 0 aromatic heterocycles. The van der Waals surface area contributed by atoms with Crippen LogP contribution < -0.4 is 9.47 Å². The van der Waals surface area contributed by atoms with Gasteiger partial charge in [0.15, 0.2) is 0 Å². The van der Waals surface area contributed by atoms with Crippen LogP contribution in [0.4, 0.5) is 0 Å². The molecule has 6 heteroatoms. The Kier molecular flexibility index (Phi) is 9.23. The summed E-state index contributed by atoms with van der Waals surface area (Å²) in [5, 5.41) is 0. The van der Waals surface area contributed by atoms with E-state index < -0.39 is 10.1 Å². The van der Waals surface area contributed by atoms with E-state index in [1.165, 1.54) is 19.3 Å². The van der Waals surface area contributed by atoms with Crippen molar-refractivity contribution in [3.05, 3.63) is 35.9 Å². The van der Waals surface area contributed by atoms with Gasteiger partial charge < -0.3 is 9.47 Å². The molecule has 2 unspecified atom stereocenters. The van der Waals surface area contributed by atoms with E-state index in [0.717, 1.165) is 36.5 Å². The first-order chi connectivity index (χ1) is 14.1. The molecule has 2 atom stereocenters. The van der Waals surface area contributed by atoms with Crippen LogP contribution in [0.2, 0.25) is 0 Å². The zero-order valence-electron chi connectivity index (χ0n) is 18.9. The number of benzene rings is 1. The summed E-state index contributed by atoms with van der Waals surface area (Å²) in [5.74, 6) is 2.76. The molecule has 30 heavy (non-hydrogen) atoms. The Morgan fingerprint density at radius 1 is 1.23 bits per heavy atom. The summed E-state index contributed by atoms with van der Waals surface area (Å²) in [6, 6.07) is 5.73. The third kappa shape index (κ3) is 9.09. The minimum Gasteiger partial charge on any atom is -0.494 e. The normalized spacial score (nSPS) is 20.2. The van der Waals surface area contributed by atoms with Crippen molar-refractivity contribution in [1.29, 1.82) is 0 Å². The van der Waals surface area contributed by atoms with Gasteiger partial charge in [0.2, 0.25) is 0 Å². The van der Waals surface area contributed by atoms with Gasteiger partial charge in [-0.2, -0.15) is 8.42 Å². The van der Waals surface area contributed by atoms with Gasteiger partial charge in [0.05, 0.1) is 12.4 Å². The molecule has 0 amide bonds. The summed E-state index contributed by atoms with van der Waals surface area (Å²) in [7, 11) is -3.93. The average Bonchev–Trinajstić information content (AvgIpc) is 2.64. The second-order valence-corrected chi connectivity index (χ2v) is 10.8. The number of hydrogen-bond acceptors (Lipinski definition) is 4. The van der Waals surface area contributed by atoms with Crippen molar-refractivity contribution in [2.75, 3.05) is 12.4 Å². The quantitative estimate of drug-likeness (QED) is 0.252. The Bertz CT molecular complexity index is 800. The Hall–Kier alpha value is -1.53. The van der Waals surface area contributed by atoms with Gasteiger partial charge >= 0.3 is 0 Å². The van der Waals surface area contributed by atoms with E-state index in [-0.39, 0.29) is 24.4 Å². The van der Waals surface area contributed by atoms with Crippen LogP contribution >= 0.6 is 0 Å². The Morgan fingerprint density at radius 3 is 2.70 bits per heavy atom. The molecule has 5 nitrogen and oxygen atoms in total. The molecule has 0 saturated heterocycles. The highest BCUT2D eigenvalue weighted by molar-refractivity contribution is 7.85. The van der Waals surface area contributed by atoms with Crippen molar-refractivity contribution in [2.45, 2.75) is 78.2 Å². The molecule has 0 aliphatic carbocycles. The van der Waals surface area contributed by atoms with Crippen molar-refractivity contribution in [3.63, 3.8) is 0 Å². The molecule has 1 N–H and O–H groups in total. The third-order valence-corrected chi connectivity index (χ3v) is 6.37. The van der Waals surface area contributed by atoms with E-state index in [4.69, 9.17) is 14.0 Å². The van der Waals surface area contributed by atoms with Crippen molar-refractivity contribution < 1.29 is 22.4 Å². The minimum atomic E-state index is -3.93. The summed E-state index contributed by atoms with van der Waals surface area (Å²) in [4.78, 5) is 0. The lowest BCUT2D eigenvalue weighted by atomic mass is 9.91. The van der Waals surface area contributed by atoms with E-state index in [1.807, 2.05) is 18.2 Å². The van der Waals surface area contributed by atoms with Crippen molar-refractivity contribution in [3.8, 4) is 11.5 Å². The largest absolute Gasteiger partial charge is 0.494 e. The number of ether oxygens (including phenoxy) is 2. The second kappa shape index (κ2) is 11.2. The first-order valence-electron chi connectivity index (χ1n) is 11.1. The summed E-state index contributed by atoms with van der Waals surface area (Å²) in [6.07, 6.45) is 11.5. The number of hydrogen-bond donors (Lipinski definition) is 1. The van der Waals surface area contributed by atoms with Crippen LogP contribution in [0.5, 0.6) is 11.5 Å². The molecule has 0 saturated carbocycles. The highest BCUT2D eigenvalue weighted by Crippen LogP contribution is 2.36. The number of rotatable bonds is 12. The number of fused-ring (bicyclic) bond motifs is 1. The lowest BCUT2D eigenvalue weighted by molar-refractivity contribution is 0.114. The highest BCUT2D eigenvalue weighted by Gasteiger charge is 2.29. The maximum absolute atomic E-state index is 10.8. The molecule has 0 fully saturated rings. The van der Waals surface area contributed by atoms with Crippen LogP contribution in [0, 0.1) is 11.8 Å². The summed E-state index contributed by atoms with van der Waals surface area (Å²) in [6.45, 7) is 9.26. The average molecular weight is 439 g/mol. The fraction of sp³-hybridized carbons (Fsp3) is 0.667. The standard InChI is InChI=1S/C24H38O5S/c1-19(2)8-5-9-20(3)10-6-14-24(4)15-13-21-18-22(11-12-23(21)29-24)28-16-7-17-30(25,26)27/h6,11-12,14,18-20H,5,7-10,13,15-17H2,1-4H3,(H,25,26,27)/b14-6+. The molecule has 170 valence electrons. The van der Waals surface area contributed by atoms with Gasteiger partial charge in [0.25, 0.3) is 10.1 Å². The molecule has 2 rings (SSSR count). The lowest BCUT2D eigenvalue weighted by Crippen LogP contribution is -2.34. The highest BCUT2D eigenvalue weighted by atomic mass is 32.2. The predicted molar refractivity (Wildman–Crippen MR) is 122 cm³/mol. The molecule has 0 bridgehead atoms. The van der Waals surface area contributed by atoms with Crippen LogP contribution in [-0.4, -0.2) is 30.9 Å². The van der Waals surface area contributed by atoms with E-state index in [1.54, 1.807) is 0 Å². The van der Waals surface area contributed by atoms with E-state index >= 15 is 0 Å². The Morgan fingerprint density at radius 2 is 2.00 bits per heavy atom. The second-order valence-electron chi connectivity index (χ2n) is 9.24. The fourth-order valence-corrected chi connectivity index (χ4v) is 4.20. The van der Waals surface area contributed by atoms with Gasteiger partial charge in [-0.25, -0.2) is 0 Å². The summed E-state index contributed by atoms with van der Waals surface area (Å²) >= 11 is 0. The minimum absolute atomic E-state index is 0.245. The van der Waals surface area contributed by atoms with Crippen molar-refractivity contribution in [1.82, 2.24) is 0 Å². The van der Waals surface area contributed by atoms with Crippen molar-refractivity contribution >= 4 is 10.1 Å². The predicted octanol–water partition coefficient (Wildman–Crippen LogP) is 5.84. The van der Waals surface area contributed by atoms with Gasteiger partial charge in [0, 0.05) is 0 Å². The SMILES string of the molecule is CC(C)CCCC(C)C/C=C/C1(C)CCc2cc(OCCCS(=O)(=O)O)ccc2O1. The molecule has 1 aromatic carbocycles. The molecule has 1 aliphatic heterocycles. The maximum atomic E-state index is 10.8. The summed E-state index contributed by atoms with van der Waals surface area (Å²) in [5.41, 5.74) is 0.817. The molecule has 1 aliphatic rings. The first-order valence-corrected chi connectivity index (χ1v) is 12.7. The Labute approximate surface area is 182 Å². The smallest absolute Gasteiger partial charge is 0.264 e. The van der Waals surface area contributed by atoms with Crippen LogP contribution in [0.1, 0.15) is 71.8 Å². The van der Waals surface area contributed by atoms with Gasteiger partial charge in [0.1, 0.15) is 17.1 Å². The summed E-state index contributed by atoms with van der Waals surface area (Å²) < 4.78 is 42.2. The van der Waals surface area contributed by atoms with Gasteiger partial charge in [-0.1, -0.05) is 46.1 Å². The van der Waals surface area contributed by atoms with Gasteiger partial charge in [-0.3, -0.25) is 4.55 Å². The first kappa shape index (κ1) is 24.7. The van der Waals surface area contributed by atoms with Crippen molar-refractivity contribution in [2.24, 2.45) is 11.8 Å². The van der Waals surface area contributed by atoms with Crippen LogP contribution in [0.3, 0.4) is 0 Å². The fourth-order valence-electron chi connectivity index (χ4n) is 3.72. The molecular weight excluding hydrogens is 400 g/mol. The van der Waals surface area contributed by atoms with Crippen LogP contribution in [-0.2, 0) is 16.5 Å². The van der Waals surface area contributed by atoms with Crippen LogP contribution in [0.15, 0.2) is 30.4 Å². The topological polar surface area (TPSA) is 72.8 Å². The van der Waals surface area contributed by atoms with Gasteiger partial charge in [-0.15, -0.1) is 0 Å². The van der Waals surface area contributed by atoms with Gasteiger partial charge in [-0.05, 0) is 74.3 Å². The molecule has 1 heterocycles. The van der Waals surface area contributed by atoms with E-state index in [2.05, 4.69) is 39.8 Å². The van der Waals surface area contributed by atoms with Crippen LogP contribution in [0.25, 0.3) is 0 Å². The molecule has 0 spiro atoms. The monoisotopic (exact) mass is 438 g/mol. The molecule has 1 aromatic rings. The zero-order valence-corrected chi connectivity index (χ0v) is 19.7.